The third kappa shape index (κ3) is 4.28. The number of fused-ring (bicyclic) bond motifs is 2. The monoisotopic (exact) mass is 597 g/mol. The van der Waals surface area contributed by atoms with Crippen LogP contribution >= 0.6 is 39.0 Å². The minimum atomic E-state index is -0.681. The molecule has 37 heavy (non-hydrogen) atoms. The SMILES string of the molecule is O=C(Cn1c2c(sc1=O)[C@@H](c1ccccc1)C1C(=O)N(c3ccc(Br)cc3)C(=O)C1S2)N1CCCCC1. The van der Waals surface area contributed by atoms with E-state index in [1.54, 1.807) is 24.3 Å². The van der Waals surface area contributed by atoms with Gasteiger partial charge in [0.1, 0.15) is 11.8 Å². The molecule has 2 aromatic carbocycles. The molecule has 0 N–H and O–H groups in total. The molecule has 190 valence electrons. The van der Waals surface area contributed by atoms with E-state index in [0.717, 1.165) is 45.5 Å². The molecule has 3 atom stereocenters. The van der Waals surface area contributed by atoms with Crippen molar-refractivity contribution in [3.63, 3.8) is 0 Å². The molecule has 0 spiro atoms. The highest BCUT2D eigenvalue weighted by atomic mass is 79.9. The molecule has 3 aliphatic rings. The van der Waals surface area contributed by atoms with Crippen molar-refractivity contribution in [3.05, 3.63) is 79.2 Å². The van der Waals surface area contributed by atoms with Gasteiger partial charge in [-0.05, 0) is 49.1 Å². The van der Waals surface area contributed by atoms with E-state index >= 15 is 0 Å². The number of thioether (sulfide) groups is 1. The van der Waals surface area contributed by atoms with Crippen LogP contribution in [-0.4, -0.2) is 45.5 Å². The van der Waals surface area contributed by atoms with E-state index in [1.807, 2.05) is 35.2 Å². The first-order valence-corrected chi connectivity index (χ1v) is 14.8. The van der Waals surface area contributed by atoms with Gasteiger partial charge >= 0.3 is 4.87 Å². The number of rotatable bonds is 4. The van der Waals surface area contributed by atoms with Crippen LogP contribution in [0.3, 0.4) is 0 Å². The molecule has 0 aliphatic carbocycles. The zero-order valence-corrected chi connectivity index (χ0v) is 23.1. The predicted octanol–water partition coefficient (Wildman–Crippen LogP) is 4.48. The highest BCUT2D eigenvalue weighted by Gasteiger charge is 2.56. The Labute approximate surface area is 230 Å². The van der Waals surface area contributed by atoms with Crippen LogP contribution < -0.4 is 9.77 Å². The van der Waals surface area contributed by atoms with Crippen LogP contribution in [0.2, 0.25) is 0 Å². The van der Waals surface area contributed by atoms with Crippen LogP contribution in [0.5, 0.6) is 0 Å². The van der Waals surface area contributed by atoms with Crippen LogP contribution in [-0.2, 0) is 20.9 Å². The first kappa shape index (κ1) is 24.6. The summed E-state index contributed by atoms with van der Waals surface area (Å²) in [7, 11) is 0. The lowest BCUT2D eigenvalue weighted by atomic mass is 9.83. The summed E-state index contributed by atoms with van der Waals surface area (Å²) in [5.74, 6) is -1.71. The zero-order valence-electron chi connectivity index (χ0n) is 19.8. The number of carbonyl (C=O) groups is 3. The van der Waals surface area contributed by atoms with Gasteiger partial charge < -0.3 is 4.90 Å². The number of imide groups is 1. The average Bonchev–Trinajstić information content (AvgIpc) is 3.36. The maximum absolute atomic E-state index is 13.8. The van der Waals surface area contributed by atoms with Crippen LogP contribution in [0.15, 0.2) is 68.9 Å². The number of halogens is 1. The first-order chi connectivity index (χ1) is 17.9. The van der Waals surface area contributed by atoms with Crippen molar-refractivity contribution in [3.8, 4) is 0 Å². The summed E-state index contributed by atoms with van der Waals surface area (Å²) < 4.78 is 2.38. The molecule has 2 fully saturated rings. The second kappa shape index (κ2) is 9.89. The van der Waals surface area contributed by atoms with Crippen molar-refractivity contribution < 1.29 is 14.4 Å². The van der Waals surface area contributed by atoms with E-state index in [4.69, 9.17) is 0 Å². The molecular formula is C27H24BrN3O4S2. The first-order valence-electron chi connectivity index (χ1n) is 12.3. The van der Waals surface area contributed by atoms with Gasteiger partial charge in [-0.2, -0.15) is 0 Å². The summed E-state index contributed by atoms with van der Waals surface area (Å²) >= 11 is 5.75. The number of anilines is 1. The lowest BCUT2D eigenvalue weighted by molar-refractivity contribution is -0.133. The maximum Gasteiger partial charge on any atom is 0.308 e. The van der Waals surface area contributed by atoms with E-state index in [1.165, 1.54) is 21.2 Å². The van der Waals surface area contributed by atoms with Crippen molar-refractivity contribution in [1.82, 2.24) is 9.47 Å². The normalized spacial score (nSPS) is 23.2. The number of likely N-dealkylation sites (tertiary alicyclic amines) is 1. The third-order valence-corrected chi connectivity index (χ3v) is 10.4. The van der Waals surface area contributed by atoms with Gasteiger partial charge in [0.25, 0.3) is 0 Å². The number of hydrogen-bond donors (Lipinski definition) is 0. The van der Waals surface area contributed by atoms with Crippen molar-refractivity contribution in [2.75, 3.05) is 18.0 Å². The van der Waals surface area contributed by atoms with Crippen LogP contribution in [0.25, 0.3) is 0 Å². The lowest BCUT2D eigenvalue weighted by Crippen LogP contribution is -2.39. The van der Waals surface area contributed by atoms with E-state index in [2.05, 4.69) is 15.9 Å². The van der Waals surface area contributed by atoms with Crippen LogP contribution in [0, 0.1) is 5.92 Å². The molecule has 3 aromatic rings. The van der Waals surface area contributed by atoms with Crippen molar-refractivity contribution in [2.45, 2.75) is 42.0 Å². The minimum absolute atomic E-state index is 0.0465. The maximum atomic E-state index is 13.8. The smallest absolute Gasteiger partial charge is 0.308 e. The molecule has 10 heteroatoms. The average molecular weight is 599 g/mol. The second-order valence-corrected chi connectivity index (χ2v) is 12.5. The molecule has 2 saturated heterocycles. The van der Waals surface area contributed by atoms with E-state index in [0.29, 0.717) is 23.8 Å². The Morgan fingerprint density at radius 3 is 2.32 bits per heavy atom. The number of nitrogens with zero attached hydrogens (tertiary/aromatic N) is 3. The number of aromatic nitrogens is 1. The Balaban J connectivity index is 1.42. The van der Waals surface area contributed by atoms with Crippen molar-refractivity contribution >= 4 is 62.4 Å². The van der Waals surface area contributed by atoms with Crippen LogP contribution in [0.4, 0.5) is 5.69 Å². The quantitative estimate of drug-likeness (QED) is 0.414. The lowest BCUT2D eigenvalue weighted by Gasteiger charge is -2.31. The van der Waals surface area contributed by atoms with Crippen molar-refractivity contribution in [1.29, 1.82) is 0 Å². The van der Waals surface area contributed by atoms with E-state index in [9.17, 15) is 19.2 Å². The summed E-state index contributed by atoms with van der Waals surface area (Å²) in [6.07, 6.45) is 3.05. The number of carbonyl (C=O) groups excluding carboxylic acids is 3. The van der Waals surface area contributed by atoms with Gasteiger partial charge in [0, 0.05) is 28.4 Å². The summed E-state index contributed by atoms with van der Waals surface area (Å²) in [6.45, 7) is 1.37. The number of benzene rings is 2. The van der Waals surface area contributed by atoms with Gasteiger partial charge in [0.2, 0.25) is 17.7 Å². The summed E-state index contributed by atoms with van der Waals surface area (Å²) in [6, 6.07) is 16.7. The van der Waals surface area contributed by atoms with Gasteiger partial charge in [-0.25, -0.2) is 4.90 Å². The second-order valence-electron chi connectivity index (χ2n) is 9.51. The molecular weight excluding hydrogens is 574 g/mol. The molecule has 7 nitrogen and oxygen atoms in total. The van der Waals surface area contributed by atoms with Crippen molar-refractivity contribution in [2.24, 2.45) is 5.92 Å². The fourth-order valence-corrected chi connectivity index (χ4v) is 8.54. The molecule has 4 heterocycles. The van der Waals surface area contributed by atoms with Gasteiger partial charge in [0.05, 0.1) is 16.6 Å². The highest BCUT2D eigenvalue weighted by Crippen LogP contribution is 2.53. The van der Waals surface area contributed by atoms with Gasteiger partial charge in [-0.15, -0.1) is 0 Å². The molecule has 0 saturated carbocycles. The Bertz CT molecular complexity index is 1430. The molecule has 2 unspecified atom stereocenters. The number of amides is 3. The molecule has 0 bridgehead atoms. The molecule has 3 aliphatic heterocycles. The molecule has 1 aromatic heterocycles. The number of hydrogen-bond acceptors (Lipinski definition) is 6. The number of piperidine rings is 1. The van der Waals surface area contributed by atoms with Gasteiger partial charge in [0.15, 0.2) is 0 Å². The highest BCUT2D eigenvalue weighted by molar-refractivity contribution is 9.10. The largest absolute Gasteiger partial charge is 0.341 e. The molecule has 0 radical (unpaired) electrons. The molecule has 6 rings (SSSR count). The summed E-state index contributed by atoms with van der Waals surface area (Å²) in [5, 5.41) is -0.0477. The Morgan fingerprint density at radius 2 is 1.62 bits per heavy atom. The fraction of sp³-hybridized carbons (Fsp3) is 0.333. The van der Waals surface area contributed by atoms with Gasteiger partial charge in [-0.3, -0.25) is 23.7 Å². The molecule has 3 amide bonds. The van der Waals surface area contributed by atoms with E-state index in [-0.39, 0.29) is 29.1 Å². The third-order valence-electron chi connectivity index (χ3n) is 7.29. The topological polar surface area (TPSA) is 79.7 Å². The minimum Gasteiger partial charge on any atom is -0.341 e. The summed E-state index contributed by atoms with van der Waals surface area (Å²) in [5.41, 5.74) is 1.41. The van der Waals surface area contributed by atoms with Gasteiger partial charge in [-0.1, -0.05) is 69.4 Å². The van der Waals surface area contributed by atoms with E-state index < -0.39 is 17.1 Å². The Morgan fingerprint density at radius 1 is 0.919 bits per heavy atom. The standard InChI is InChI=1S/C27H24BrN3O4S2/c28-17-9-11-18(12-10-17)31-24(33)21-20(16-7-3-1-4-8-16)23-26(36-22(21)25(31)34)30(27(35)37-23)15-19(32)29-13-5-2-6-14-29/h1,3-4,7-12,20-22H,2,5-6,13-15H2/t20-,21?,22?/m0/s1. The van der Waals surface area contributed by atoms with Crippen LogP contribution in [0.1, 0.15) is 35.6 Å². The fourth-order valence-electron chi connectivity index (χ4n) is 5.50. The predicted molar refractivity (Wildman–Crippen MR) is 147 cm³/mol. The Hall–Kier alpha value is -2.69. The Kier molecular flexibility index (Phi) is 6.58. The number of thiazole rings is 1. The zero-order chi connectivity index (χ0) is 25.7. The summed E-state index contributed by atoms with van der Waals surface area (Å²) in [4.78, 5) is 57.5.